The van der Waals surface area contributed by atoms with Gasteiger partial charge >= 0.3 is 0 Å². The van der Waals surface area contributed by atoms with Gasteiger partial charge in [0.2, 0.25) is 0 Å². The number of carbonyl (C=O) groups excluding carboxylic acids is 1. The number of halogens is 1. The lowest BCUT2D eigenvalue weighted by molar-refractivity contribution is 0.0444. The van der Waals surface area contributed by atoms with Crippen molar-refractivity contribution in [3.63, 3.8) is 0 Å². The quantitative estimate of drug-likeness (QED) is 0.504. The van der Waals surface area contributed by atoms with Crippen LogP contribution < -0.4 is 5.32 Å². The Morgan fingerprint density at radius 3 is 2.81 bits per heavy atom. The summed E-state index contributed by atoms with van der Waals surface area (Å²) in [5.74, 6) is -0.610. The molecule has 0 spiro atoms. The number of ketones is 1. The number of nitrogens with one attached hydrogen (secondary N) is 1. The normalized spacial score (nSPS) is 23.1. The fourth-order valence-corrected chi connectivity index (χ4v) is 4.05. The van der Waals surface area contributed by atoms with Crippen molar-refractivity contribution in [3.8, 4) is 0 Å². The van der Waals surface area contributed by atoms with Gasteiger partial charge in [0.25, 0.3) is 0 Å². The van der Waals surface area contributed by atoms with Gasteiger partial charge in [0.1, 0.15) is 18.3 Å². The molecule has 162 valence electrons. The second kappa shape index (κ2) is 8.95. The highest BCUT2D eigenvalue weighted by Gasteiger charge is 2.43. The van der Waals surface area contributed by atoms with E-state index in [-0.39, 0.29) is 30.2 Å². The molecule has 4 rings (SSSR count). The molecule has 3 aromatic rings. The molecule has 1 aliphatic rings. The number of rotatable bonds is 7. The molecule has 31 heavy (non-hydrogen) atoms. The van der Waals surface area contributed by atoms with E-state index in [0.717, 1.165) is 11.3 Å². The van der Waals surface area contributed by atoms with Crippen molar-refractivity contribution in [1.82, 2.24) is 14.5 Å². The lowest BCUT2D eigenvalue weighted by atomic mass is 10.1. The fourth-order valence-electron chi connectivity index (χ4n) is 4.05. The third kappa shape index (κ3) is 4.35. The predicted octanol–water partition coefficient (Wildman–Crippen LogP) is 2.36. The highest BCUT2D eigenvalue weighted by atomic mass is 19.1. The lowest BCUT2D eigenvalue weighted by Gasteiger charge is -2.18. The third-order valence-electron chi connectivity index (χ3n) is 5.83. The SMILES string of the molecule is Cc1cc(C(=O)c2cncnc2N[C@@H]2C[C@H](CO)[C@@H](O)[C@@H]2F)cn1Cc1ccccc1. The number of aryl methyl sites for hydroxylation is 1. The van der Waals surface area contributed by atoms with Gasteiger partial charge in [-0.1, -0.05) is 30.3 Å². The number of benzene rings is 1. The van der Waals surface area contributed by atoms with Gasteiger partial charge < -0.3 is 20.1 Å². The van der Waals surface area contributed by atoms with Gasteiger partial charge in [0, 0.05) is 42.7 Å². The molecule has 0 radical (unpaired) electrons. The maximum Gasteiger partial charge on any atom is 0.199 e. The van der Waals surface area contributed by atoms with Gasteiger partial charge in [-0.3, -0.25) is 4.79 Å². The zero-order valence-electron chi connectivity index (χ0n) is 17.1. The van der Waals surface area contributed by atoms with Crippen LogP contribution in [0.3, 0.4) is 0 Å². The Kier molecular flexibility index (Phi) is 6.11. The van der Waals surface area contributed by atoms with Crippen molar-refractivity contribution in [2.75, 3.05) is 11.9 Å². The zero-order chi connectivity index (χ0) is 22.0. The molecule has 1 saturated carbocycles. The first kappa shape index (κ1) is 21.1. The van der Waals surface area contributed by atoms with E-state index in [0.29, 0.717) is 12.1 Å². The summed E-state index contributed by atoms with van der Waals surface area (Å²) in [6.45, 7) is 2.27. The molecule has 2 heterocycles. The van der Waals surface area contributed by atoms with Gasteiger partial charge in [0.15, 0.2) is 5.78 Å². The summed E-state index contributed by atoms with van der Waals surface area (Å²) in [6.07, 6.45) is 1.91. The highest BCUT2D eigenvalue weighted by molar-refractivity contribution is 6.11. The fraction of sp³-hybridized carbons (Fsp3) is 0.348. The number of alkyl halides is 1. The van der Waals surface area contributed by atoms with Crippen LogP contribution in [0.4, 0.5) is 10.2 Å². The van der Waals surface area contributed by atoms with E-state index in [2.05, 4.69) is 15.3 Å². The number of hydrogen-bond acceptors (Lipinski definition) is 6. The number of aromatic nitrogens is 3. The van der Waals surface area contributed by atoms with E-state index in [4.69, 9.17) is 0 Å². The van der Waals surface area contributed by atoms with E-state index in [1.165, 1.54) is 12.5 Å². The summed E-state index contributed by atoms with van der Waals surface area (Å²) in [6, 6.07) is 11.0. The molecule has 8 heteroatoms. The van der Waals surface area contributed by atoms with Crippen molar-refractivity contribution in [1.29, 1.82) is 0 Å². The zero-order valence-corrected chi connectivity index (χ0v) is 17.1. The van der Waals surface area contributed by atoms with Crippen molar-refractivity contribution in [2.24, 2.45) is 5.92 Å². The standard InChI is InChI=1S/C23H25FN4O3/c1-14-7-16(11-28(14)10-15-5-3-2-4-6-15)21(30)18-9-25-13-26-23(18)27-19-8-17(12-29)22(31)20(19)24/h2-7,9,11,13,17,19-20,22,29,31H,8,10,12H2,1H3,(H,25,26,27)/t17-,19-,20-,22-/m1/s1. The summed E-state index contributed by atoms with van der Waals surface area (Å²) in [7, 11) is 0. The monoisotopic (exact) mass is 424 g/mol. The van der Waals surface area contributed by atoms with E-state index in [9.17, 15) is 19.4 Å². The number of anilines is 1. The molecule has 1 aliphatic carbocycles. The third-order valence-corrected chi connectivity index (χ3v) is 5.83. The van der Waals surface area contributed by atoms with E-state index < -0.39 is 24.2 Å². The lowest BCUT2D eigenvalue weighted by Crippen LogP contribution is -2.32. The summed E-state index contributed by atoms with van der Waals surface area (Å²) in [5, 5.41) is 22.2. The average Bonchev–Trinajstić information content (AvgIpc) is 3.28. The van der Waals surface area contributed by atoms with Crippen LogP contribution in [0.25, 0.3) is 0 Å². The summed E-state index contributed by atoms with van der Waals surface area (Å²) >= 11 is 0. The molecule has 3 N–H and O–H groups in total. The minimum atomic E-state index is -1.57. The van der Waals surface area contributed by atoms with Crippen LogP contribution in [0.5, 0.6) is 0 Å². The van der Waals surface area contributed by atoms with Crippen LogP contribution in [0, 0.1) is 12.8 Å². The number of aliphatic hydroxyl groups excluding tert-OH is 2. The Morgan fingerprint density at radius 2 is 2.10 bits per heavy atom. The molecule has 4 atom stereocenters. The molecular formula is C23H25FN4O3. The van der Waals surface area contributed by atoms with E-state index in [1.807, 2.05) is 41.8 Å². The molecule has 0 aliphatic heterocycles. The van der Waals surface area contributed by atoms with Crippen LogP contribution in [0.2, 0.25) is 0 Å². The molecule has 2 aromatic heterocycles. The molecule has 0 unspecified atom stereocenters. The molecule has 0 saturated heterocycles. The first-order chi connectivity index (χ1) is 15.0. The summed E-state index contributed by atoms with van der Waals surface area (Å²) in [4.78, 5) is 21.3. The van der Waals surface area contributed by atoms with Crippen LogP contribution in [0.15, 0.2) is 55.1 Å². The van der Waals surface area contributed by atoms with Gasteiger partial charge in [-0.25, -0.2) is 14.4 Å². The number of nitrogens with zero attached hydrogens (tertiary/aromatic N) is 3. The van der Waals surface area contributed by atoms with Crippen molar-refractivity contribution in [2.45, 2.75) is 38.2 Å². The maximum atomic E-state index is 14.5. The smallest absolute Gasteiger partial charge is 0.199 e. The van der Waals surface area contributed by atoms with Crippen LogP contribution in [-0.4, -0.2) is 55.5 Å². The van der Waals surface area contributed by atoms with Gasteiger partial charge in [0.05, 0.1) is 17.7 Å². The number of aliphatic hydroxyl groups is 2. The largest absolute Gasteiger partial charge is 0.396 e. The Hall–Kier alpha value is -3.10. The Labute approximate surface area is 179 Å². The van der Waals surface area contributed by atoms with Gasteiger partial charge in [-0.05, 0) is 25.0 Å². The Balaban J connectivity index is 1.56. The summed E-state index contributed by atoms with van der Waals surface area (Å²) < 4.78 is 16.5. The van der Waals surface area contributed by atoms with Crippen molar-refractivity contribution in [3.05, 3.63) is 77.5 Å². The number of hydrogen-bond donors (Lipinski definition) is 3. The predicted molar refractivity (Wildman–Crippen MR) is 114 cm³/mol. The Morgan fingerprint density at radius 1 is 1.32 bits per heavy atom. The van der Waals surface area contributed by atoms with E-state index in [1.54, 1.807) is 12.3 Å². The molecule has 0 bridgehead atoms. The van der Waals surface area contributed by atoms with Gasteiger partial charge in [-0.15, -0.1) is 0 Å². The van der Waals surface area contributed by atoms with Crippen LogP contribution >= 0.6 is 0 Å². The minimum absolute atomic E-state index is 0.215. The molecule has 1 aromatic carbocycles. The number of carbonyl (C=O) groups is 1. The first-order valence-corrected chi connectivity index (χ1v) is 10.2. The summed E-state index contributed by atoms with van der Waals surface area (Å²) in [5.41, 5.74) is 2.78. The second-order valence-electron chi connectivity index (χ2n) is 7.96. The molecule has 1 fully saturated rings. The van der Waals surface area contributed by atoms with Crippen LogP contribution in [0.1, 0.15) is 33.6 Å². The van der Waals surface area contributed by atoms with Crippen molar-refractivity contribution >= 4 is 11.6 Å². The first-order valence-electron chi connectivity index (χ1n) is 10.2. The van der Waals surface area contributed by atoms with Crippen molar-refractivity contribution < 1.29 is 19.4 Å². The highest BCUT2D eigenvalue weighted by Crippen LogP contribution is 2.31. The average molecular weight is 424 g/mol. The van der Waals surface area contributed by atoms with Crippen LogP contribution in [-0.2, 0) is 6.54 Å². The van der Waals surface area contributed by atoms with E-state index >= 15 is 0 Å². The van der Waals surface area contributed by atoms with Gasteiger partial charge in [-0.2, -0.15) is 0 Å². The maximum absolute atomic E-state index is 14.5. The minimum Gasteiger partial charge on any atom is -0.396 e. The molecule has 7 nitrogen and oxygen atoms in total. The second-order valence-corrected chi connectivity index (χ2v) is 7.96. The Bertz CT molecular complexity index is 1060. The molecule has 0 amide bonds. The topological polar surface area (TPSA) is 100 Å². The molecular weight excluding hydrogens is 399 g/mol.